The van der Waals surface area contributed by atoms with Crippen LogP contribution in [0.25, 0.3) is 0 Å². The number of benzene rings is 1. The van der Waals surface area contributed by atoms with Crippen molar-refractivity contribution in [3.63, 3.8) is 0 Å². The molecule has 1 aromatic rings. The van der Waals surface area contributed by atoms with Crippen LogP contribution in [0.2, 0.25) is 0 Å². The average molecular weight is 302 g/mol. The lowest BCUT2D eigenvalue weighted by molar-refractivity contribution is -0.137. The molecule has 0 bridgehead atoms. The quantitative estimate of drug-likeness (QED) is 0.848. The molecule has 4 nitrogen and oxygen atoms in total. The van der Waals surface area contributed by atoms with Crippen molar-refractivity contribution in [3.8, 4) is 5.75 Å². The molecule has 3 N–H and O–H groups in total. The summed E-state index contributed by atoms with van der Waals surface area (Å²) < 4.78 is 0. The molecule has 1 aromatic carbocycles. The third-order valence-corrected chi connectivity index (χ3v) is 5.05. The minimum absolute atomic E-state index is 0.0982. The van der Waals surface area contributed by atoms with Crippen LogP contribution in [0.15, 0.2) is 24.3 Å². The molecule has 2 atom stereocenters. The van der Waals surface area contributed by atoms with Gasteiger partial charge in [-0.05, 0) is 61.8 Å². The molecular weight excluding hydrogens is 276 g/mol. The van der Waals surface area contributed by atoms with Gasteiger partial charge in [-0.1, -0.05) is 18.6 Å². The topological polar surface area (TPSA) is 66.6 Å². The fraction of sp³-hybridized carbons (Fsp3) is 0.611. The molecule has 1 amide bonds. The highest BCUT2D eigenvalue weighted by Gasteiger charge is 2.36. The van der Waals surface area contributed by atoms with Crippen LogP contribution in [-0.2, 0) is 11.3 Å². The van der Waals surface area contributed by atoms with E-state index in [4.69, 9.17) is 5.73 Å². The van der Waals surface area contributed by atoms with Crippen molar-refractivity contribution in [2.24, 2.45) is 23.5 Å². The Morgan fingerprint density at radius 1 is 1.27 bits per heavy atom. The predicted octanol–water partition coefficient (Wildman–Crippen LogP) is 2.51. The summed E-state index contributed by atoms with van der Waals surface area (Å²) in [6.07, 6.45) is 5.63. The molecule has 120 valence electrons. The Morgan fingerprint density at radius 2 is 2.09 bits per heavy atom. The van der Waals surface area contributed by atoms with Crippen molar-refractivity contribution in [3.05, 3.63) is 29.8 Å². The van der Waals surface area contributed by atoms with Gasteiger partial charge in [0.05, 0.1) is 0 Å². The molecule has 2 aliphatic carbocycles. The van der Waals surface area contributed by atoms with Crippen molar-refractivity contribution >= 4 is 5.91 Å². The summed E-state index contributed by atoms with van der Waals surface area (Å²) in [4.78, 5) is 15.0. The van der Waals surface area contributed by atoms with Gasteiger partial charge in [0, 0.05) is 19.0 Å². The number of nitrogens with two attached hydrogens (primary N) is 1. The van der Waals surface area contributed by atoms with E-state index in [9.17, 15) is 9.90 Å². The third kappa shape index (κ3) is 3.61. The molecule has 0 saturated heterocycles. The molecule has 22 heavy (non-hydrogen) atoms. The van der Waals surface area contributed by atoms with Crippen LogP contribution < -0.4 is 5.73 Å². The molecule has 0 heterocycles. The monoisotopic (exact) mass is 302 g/mol. The van der Waals surface area contributed by atoms with E-state index in [2.05, 4.69) is 0 Å². The first-order valence-corrected chi connectivity index (χ1v) is 8.44. The molecule has 3 rings (SSSR count). The standard InChI is InChI=1S/C18H26N2O2/c19-10-15-4-2-6-17(15)18(22)20(11-13-7-8-13)12-14-3-1-5-16(21)9-14/h1,3,5,9,13,15,17,21H,2,4,6-8,10-12,19H2/t15-,17-/m1/s1. The number of nitrogens with zero attached hydrogens (tertiary/aromatic N) is 1. The number of carbonyl (C=O) groups excluding carboxylic acids is 1. The van der Waals surface area contributed by atoms with Crippen molar-refractivity contribution in [2.75, 3.05) is 13.1 Å². The molecular formula is C18H26N2O2. The molecule has 2 saturated carbocycles. The summed E-state index contributed by atoms with van der Waals surface area (Å²) in [6, 6.07) is 7.23. The van der Waals surface area contributed by atoms with Gasteiger partial charge in [0.15, 0.2) is 0 Å². The fourth-order valence-electron chi connectivity index (χ4n) is 3.60. The van der Waals surface area contributed by atoms with E-state index in [1.807, 2.05) is 17.0 Å². The normalized spacial score (nSPS) is 24.4. The zero-order valence-electron chi connectivity index (χ0n) is 13.1. The number of hydrogen-bond donors (Lipinski definition) is 2. The maximum absolute atomic E-state index is 13.0. The fourth-order valence-corrected chi connectivity index (χ4v) is 3.60. The number of amides is 1. The van der Waals surface area contributed by atoms with Gasteiger partial charge < -0.3 is 15.7 Å². The van der Waals surface area contributed by atoms with Crippen molar-refractivity contribution in [1.29, 1.82) is 0 Å². The first-order valence-electron chi connectivity index (χ1n) is 8.44. The van der Waals surface area contributed by atoms with Crippen LogP contribution >= 0.6 is 0 Å². The zero-order chi connectivity index (χ0) is 15.5. The number of phenols is 1. The van der Waals surface area contributed by atoms with E-state index in [-0.39, 0.29) is 17.6 Å². The molecule has 0 aromatic heterocycles. The van der Waals surface area contributed by atoms with E-state index in [1.165, 1.54) is 12.8 Å². The van der Waals surface area contributed by atoms with E-state index < -0.39 is 0 Å². The summed E-state index contributed by atoms with van der Waals surface area (Å²) in [7, 11) is 0. The van der Waals surface area contributed by atoms with Gasteiger partial charge in [0.2, 0.25) is 5.91 Å². The lowest BCUT2D eigenvalue weighted by Gasteiger charge is -2.28. The van der Waals surface area contributed by atoms with Gasteiger partial charge in [0.25, 0.3) is 0 Å². The Labute approximate surface area is 132 Å². The molecule has 0 spiro atoms. The minimum atomic E-state index is 0.0982. The van der Waals surface area contributed by atoms with Crippen LogP contribution in [-0.4, -0.2) is 29.0 Å². The summed E-state index contributed by atoms with van der Waals surface area (Å²) >= 11 is 0. The van der Waals surface area contributed by atoms with Crippen LogP contribution in [0.5, 0.6) is 5.75 Å². The van der Waals surface area contributed by atoms with Crippen LogP contribution in [0.1, 0.15) is 37.7 Å². The Balaban J connectivity index is 1.72. The smallest absolute Gasteiger partial charge is 0.226 e. The lowest BCUT2D eigenvalue weighted by Crippen LogP contribution is -2.39. The van der Waals surface area contributed by atoms with Gasteiger partial charge in [0.1, 0.15) is 5.75 Å². The Kier molecular flexibility index (Phi) is 4.67. The molecule has 0 radical (unpaired) electrons. The van der Waals surface area contributed by atoms with Crippen LogP contribution in [0.4, 0.5) is 0 Å². The van der Waals surface area contributed by atoms with Gasteiger partial charge in [-0.15, -0.1) is 0 Å². The van der Waals surface area contributed by atoms with Gasteiger partial charge >= 0.3 is 0 Å². The second-order valence-corrected chi connectivity index (χ2v) is 6.87. The SMILES string of the molecule is NC[C@H]1CCC[C@H]1C(=O)N(Cc1cccc(O)c1)CC1CC1. The summed E-state index contributed by atoms with van der Waals surface area (Å²) in [5.74, 6) is 1.64. The first kappa shape index (κ1) is 15.3. The second kappa shape index (κ2) is 6.69. The second-order valence-electron chi connectivity index (χ2n) is 6.87. The highest BCUT2D eigenvalue weighted by molar-refractivity contribution is 5.79. The molecule has 2 aliphatic rings. The van der Waals surface area contributed by atoms with Crippen molar-refractivity contribution < 1.29 is 9.90 Å². The van der Waals surface area contributed by atoms with E-state index in [0.29, 0.717) is 24.9 Å². The highest BCUT2D eigenvalue weighted by Crippen LogP contribution is 2.35. The van der Waals surface area contributed by atoms with Crippen LogP contribution in [0.3, 0.4) is 0 Å². The Morgan fingerprint density at radius 3 is 2.77 bits per heavy atom. The lowest BCUT2D eigenvalue weighted by atomic mass is 9.94. The van der Waals surface area contributed by atoms with Gasteiger partial charge in [-0.3, -0.25) is 4.79 Å². The number of aromatic hydroxyl groups is 1. The number of phenolic OH excluding ortho intramolecular Hbond substituents is 1. The van der Waals surface area contributed by atoms with E-state index >= 15 is 0 Å². The Hall–Kier alpha value is -1.55. The van der Waals surface area contributed by atoms with E-state index in [1.54, 1.807) is 12.1 Å². The molecule has 4 heteroatoms. The summed E-state index contributed by atoms with van der Waals surface area (Å²) in [5.41, 5.74) is 6.84. The first-order chi connectivity index (χ1) is 10.7. The maximum atomic E-state index is 13.0. The summed E-state index contributed by atoms with van der Waals surface area (Å²) in [5, 5.41) is 9.63. The van der Waals surface area contributed by atoms with Gasteiger partial charge in [-0.25, -0.2) is 0 Å². The zero-order valence-corrected chi connectivity index (χ0v) is 13.1. The Bertz CT molecular complexity index is 528. The largest absolute Gasteiger partial charge is 0.508 e. The minimum Gasteiger partial charge on any atom is -0.508 e. The third-order valence-electron chi connectivity index (χ3n) is 5.05. The predicted molar refractivity (Wildman–Crippen MR) is 86.1 cm³/mol. The van der Waals surface area contributed by atoms with Crippen molar-refractivity contribution in [2.45, 2.75) is 38.6 Å². The molecule has 0 unspecified atom stereocenters. The maximum Gasteiger partial charge on any atom is 0.226 e. The van der Waals surface area contributed by atoms with Crippen molar-refractivity contribution in [1.82, 2.24) is 4.90 Å². The number of carbonyl (C=O) groups is 1. The van der Waals surface area contributed by atoms with Gasteiger partial charge in [-0.2, -0.15) is 0 Å². The number of hydrogen-bond acceptors (Lipinski definition) is 3. The summed E-state index contributed by atoms with van der Waals surface area (Å²) in [6.45, 7) is 2.06. The van der Waals surface area contributed by atoms with Crippen LogP contribution in [0, 0.1) is 17.8 Å². The highest BCUT2D eigenvalue weighted by atomic mass is 16.3. The van der Waals surface area contributed by atoms with E-state index in [0.717, 1.165) is 31.4 Å². The molecule has 2 fully saturated rings. The average Bonchev–Trinajstić information content (AvgIpc) is 3.19. The number of rotatable bonds is 6. The molecule has 0 aliphatic heterocycles.